The highest BCUT2D eigenvalue weighted by Gasteiger charge is 2.15. The standard InChI is InChI=1S/C26H26FN5O4/c1-4-36-24-7-5-17(11-25(24)35-3)9-10-28-26(33)19-12-18(13-21(14-19)32-16-29-30-31-32)22-15-20(27)6-8-23(22)34-2/h5-8,11-16H,4,9-10H2,1-3H3,(H,28,33). The van der Waals surface area contributed by atoms with Crippen molar-refractivity contribution < 1.29 is 23.4 Å². The Morgan fingerprint density at radius 1 is 1.00 bits per heavy atom. The number of hydrogen-bond donors (Lipinski definition) is 1. The minimum Gasteiger partial charge on any atom is -0.496 e. The van der Waals surface area contributed by atoms with E-state index in [4.69, 9.17) is 14.2 Å². The van der Waals surface area contributed by atoms with E-state index in [1.165, 1.54) is 30.3 Å². The van der Waals surface area contributed by atoms with Crippen LogP contribution in [0.5, 0.6) is 17.2 Å². The largest absolute Gasteiger partial charge is 0.496 e. The molecular weight excluding hydrogens is 465 g/mol. The summed E-state index contributed by atoms with van der Waals surface area (Å²) in [6, 6.07) is 15.0. The molecule has 36 heavy (non-hydrogen) atoms. The summed E-state index contributed by atoms with van der Waals surface area (Å²) in [5.74, 6) is 1.08. The highest BCUT2D eigenvalue weighted by molar-refractivity contribution is 5.96. The number of benzene rings is 3. The van der Waals surface area contributed by atoms with E-state index in [0.717, 1.165) is 5.56 Å². The Labute approximate surface area is 207 Å². The summed E-state index contributed by atoms with van der Waals surface area (Å²) >= 11 is 0. The highest BCUT2D eigenvalue weighted by Crippen LogP contribution is 2.33. The third-order valence-electron chi connectivity index (χ3n) is 5.49. The molecular formula is C26H26FN5O4. The summed E-state index contributed by atoms with van der Waals surface area (Å²) in [4.78, 5) is 13.1. The van der Waals surface area contributed by atoms with Gasteiger partial charge in [-0.3, -0.25) is 4.79 Å². The zero-order valence-electron chi connectivity index (χ0n) is 20.2. The first-order valence-corrected chi connectivity index (χ1v) is 11.3. The monoisotopic (exact) mass is 491 g/mol. The lowest BCUT2D eigenvalue weighted by atomic mass is 10.0. The van der Waals surface area contributed by atoms with Gasteiger partial charge >= 0.3 is 0 Å². The molecule has 0 aliphatic rings. The summed E-state index contributed by atoms with van der Waals surface area (Å²) in [6.45, 7) is 2.84. The van der Waals surface area contributed by atoms with Crippen molar-refractivity contribution in [2.24, 2.45) is 0 Å². The summed E-state index contributed by atoms with van der Waals surface area (Å²) < 4.78 is 31.9. The van der Waals surface area contributed by atoms with E-state index < -0.39 is 5.82 Å². The van der Waals surface area contributed by atoms with E-state index in [1.54, 1.807) is 31.4 Å². The number of aromatic nitrogens is 4. The van der Waals surface area contributed by atoms with Crippen LogP contribution in [0.2, 0.25) is 0 Å². The summed E-state index contributed by atoms with van der Waals surface area (Å²) in [6.07, 6.45) is 2.01. The molecule has 0 spiro atoms. The molecule has 0 saturated carbocycles. The smallest absolute Gasteiger partial charge is 0.251 e. The SMILES string of the molecule is CCOc1ccc(CCNC(=O)c2cc(-c3cc(F)ccc3OC)cc(-n3cnnn3)c2)cc1OC. The van der Waals surface area contributed by atoms with Gasteiger partial charge in [-0.15, -0.1) is 5.10 Å². The van der Waals surface area contributed by atoms with Crippen LogP contribution in [0.25, 0.3) is 16.8 Å². The fourth-order valence-corrected chi connectivity index (χ4v) is 3.78. The Hall–Kier alpha value is -4.47. The molecule has 4 aromatic rings. The molecule has 3 aromatic carbocycles. The van der Waals surface area contributed by atoms with Crippen molar-refractivity contribution in [1.29, 1.82) is 0 Å². The fourth-order valence-electron chi connectivity index (χ4n) is 3.78. The molecule has 0 saturated heterocycles. The Morgan fingerprint density at radius 2 is 1.81 bits per heavy atom. The molecule has 186 valence electrons. The van der Waals surface area contributed by atoms with E-state index in [-0.39, 0.29) is 5.91 Å². The van der Waals surface area contributed by atoms with Crippen molar-refractivity contribution in [1.82, 2.24) is 25.5 Å². The van der Waals surface area contributed by atoms with Crippen LogP contribution in [-0.2, 0) is 6.42 Å². The average Bonchev–Trinajstić information content (AvgIpc) is 3.44. The van der Waals surface area contributed by atoms with Crippen LogP contribution in [-0.4, -0.2) is 53.5 Å². The molecule has 0 bridgehead atoms. The highest BCUT2D eigenvalue weighted by atomic mass is 19.1. The number of hydrogen-bond acceptors (Lipinski definition) is 7. The minimum atomic E-state index is -0.421. The van der Waals surface area contributed by atoms with E-state index in [2.05, 4.69) is 20.8 Å². The predicted molar refractivity (Wildman–Crippen MR) is 131 cm³/mol. The maximum atomic E-state index is 14.1. The van der Waals surface area contributed by atoms with Gasteiger partial charge in [0.2, 0.25) is 0 Å². The summed E-state index contributed by atoms with van der Waals surface area (Å²) in [5.41, 5.74) is 2.99. The van der Waals surface area contributed by atoms with Crippen LogP contribution in [0, 0.1) is 5.82 Å². The Kier molecular flexibility index (Phi) is 7.74. The first kappa shape index (κ1) is 24.6. The molecule has 0 unspecified atom stereocenters. The first-order chi connectivity index (χ1) is 17.5. The fraction of sp³-hybridized carbons (Fsp3) is 0.231. The number of halogens is 1. The van der Waals surface area contributed by atoms with Crippen LogP contribution in [0.1, 0.15) is 22.8 Å². The van der Waals surface area contributed by atoms with Gasteiger partial charge in [0.15, 0.2) is 11.5 Å². The average molecular weight is 492 g/mol. The number of carbonyl (C=O) groups excluding carboxylic acids is 1. The lowest BCUT2D eigenvalue weighted by molar-refractivity contribution is 0.0954. The molecule has 0 fully saturated rings. The van der Waals surface area contributed by atoms with E-state index in [1.807, 2.05) is 25.1 Å². The third-order valence-corrected chi connectivity index (χ3v) is 5.49. The number of tetrazole rings is 1. The predicted octanol–water partition coefficient (Wildman–Crippen LogP) is 3.86. The molecule has 1 heterocycles. The number of carbonyl (C=O) groups is 1. The topological polar surface area (TPSA) is 100 Å². The van der Waals surface area contributed by atoms with Gasteiger partial charge in [0.25, 0.3) is 5.91 Å². The van der Waals surface area contributed by atoms with E-state index in [9.17, 15) is 9.18 Å². The van der Waals surface area contributed by atoms with Crippen LogP contribution >= 0.6 is 0 Å². The Balaban J connectivity index is 1.57. The first-order valence-electron chi connectivity index (χ1n) is 11.3. The van der Waals surface area contributed by atoms with Gasteiger partial charge in [-0.05, 0) is 83.4 Å². The van der Waals surface area contributed by atoms with Crippen molar-refractivity contribution >= 4 is 5.91 Å². The van der Waals surface area contributed by atoms with E-state index in [0.29, 0.717) is 59.2 Å². The number of methoxy groups -OCH3 is 2. The molecule has 0 atom stereocenters. The molecule has 0 aliphatic carbocycles. The summed E-state index contributed by atoms with van der Waals surface area (Å²) in [5, 5.41) is 14.2. The maximum Gasteiger partial charge on any atom is 0.251 e. The van der Waals surface area contributed by atoms with Crippen LogP contribution in [0.4, 0.5) is 4.39 Å². The van der Waals surface area contributed by atoms with Crippen LogP contribution in [0.3, 0.4) is 0 Å². The molecule has 4 rings (SSSR count). The second-order valence-electron chi connectivity index (χ2n) is 7.79. The quantitative estimate of drug-likeness (QED) is 0.360. The molecule has 9 nitrogen and oxygen atoms in total. The minimum absolute atomic E-state index is 0.292. The van der Waals surface area contributed by atoms with Crippen molar-refractivity contribution in [3.05, 3.63) is 77.9 Å². The lowest BCUT2D eigenvalue weighted by Gasteiger charge is -2.13. The van der Waals surface area contributed by atoms with Gasteiger partial charge in [-0.1, -0.05) is 6.07 Å². The Morgan fingerprint density at radius 3 is 2.53 bits per heavy atom. The van der Waals surface area contributed by atoms with Gasteiger partial charge in [0, 0.05) is 17.7 Å². The normalized spacial score (nSPS) is 10.7. The number of rotatable bonds is 10. The lowest BCUT2D eigenvalue weighted by Crippen LogP contribution is -2.26. The number of nitrogens with one attached hydrogen (secondary N) is 1. The van der Waals surface area contributed by atoms with Gasteiger partial charge in [0.05, 0.1) is 26.5 Å². The maximum absolute atomic E-state index is 14.1. The van der Waals surface area contributed by atoms with Crippen molar-refractivity contribution in [2.75, 3.05) is 27.4 Å². The van der Waals surface area contributed by atoms with E-state index >= 15 is 0 Å². The molecule has 1 amide bonds. The van der Waals surface area contributed by atoms with Gasteiger partial charge in [0.1, 0.15) is 17.9 Å². The summed E-state index contributed by atoms with van der Waals surface area (Å²) in [7, 11) is 3.09. The third kappa shape index (κ3) is 5.60. The second kappa shape index (κ2) is 11.3. The molecule has 1 aromatic heterocycles. The molecule has 1 N–H and O–H groups in total. The van der Waals surface area contributed by atoms with Crippen molar-refractivity contribution in [3.8, 4) is 34.1 Å². The van der Waals surface area contributed by atoms with Gasteiger partial charge in [-0.25, -0.2) is 9.07 Å². The number of amides is 1. The van der Waals surface area contributed by atoms with Crippen LogP contribution < -0.4 is 19.5 Å². The Bertz CT molecular complexity index is 1340. The number of nitrogens with zero attached hydrogens (tertiary/aromatic N) is 4. The van der Waals surface area contributed by atoms with Gasteiger partial charge in [-0.2, -0.15) is 0 Å². The molecule has 0 aliphatic heterocycles. The molecule has 10 heteroatoms. The van der Waals surface area contributed by atoms with Gasteiger partial charge < -0.3 is 19.5 Å². The van der Waals surface area contributed by atoms with Crippen molar-refractivity contribution in [3.63, 3.8) is 0 Å². The van der Waals surface area contributed by atoms with Crippen LogP contribution in [0.15, 0.2) is 60.9 Å². The van der Waals surface area contributed by atoms with Crippen molar-refractivity contribution in [2.45, 2.75) is 13.3 Å². The zero-order valence-corrected chi connectivity index (χ0v) is 20.2. The second-order valence-corrected chi connectivity index (χ2v) is 7.79. The molecule has 0 radical (unpaired) electrons. The zero-order chi connectivity index (χ0) is 25.5. The number of ether oxygens (including phenoxy) is 3.